The zero-order valence-corrected chi connectivity index (χ0v) is 15.0. The van der Waals surface area contributed by atoms with Crippen LogP contribution in [0.15, 0.2) is 18.5 Å². The Labute approximate surface area is 151 Å². The van der Waals surface area contributed by atoms with E-state index in [1.807, 2.05) is 0 Å². The third-order valence-corrected chi connectivity index (χ3v) is 4.02. The van der Waals surface area contributed by atoms with E-state index in [-0.39, 0.29) is 11.2 Å². The smallest absolute Gasteiger partial charge is 0.239 e. The number of aromatic amines is 1. The molecule has 2 heterocycles. The number of nitrogens with one attached hydrogen (secondary N) is 2. The molecule has 25 heavy (non-hydrogen) atoms. The highest BCUT2D eigenvalue weighted by Crippen LogP contribution is 2.19. The van der Waals surface area contributed by atoms with Crippen LogP contribution in [0.1, 0.15) is 39.0 Å². The fourth-order valence-corrected chi connectivity index (χ4v) is 2.62. The summed E-state index contributed by atoms with van der Waals surface area (Å²) in [6.45, 7) is 2.12. The minimum atomic E-state index is -0.580. The van der Waals surface area contributed by atoms with Gasteiger partial charge in [-0.15, -0.1) is 0 Å². The molecular weight excluding hydrogens is 342 g/mol. The number of H-pyrrole nitrogens is 1. The number of nitrogens with two attached hydrogens (primary N) is 2. The minimum absolute atomic E-state index is 0.0521. The molecule has 0 aliphatic carbocycles. The van der Waals surface area contributed by atoms with Crippen molar-refractivity contribution >= 4 is 23.3 Å². The molecule has 9 heteroatoms. The number of hydrogen-bond acceptors (Lipinski definition) is 6. The molecule has 6 N–H and O–H groups in total. The van der Waals surface area contributed by atoms with Gasteiger partial charge in [0.25, 0.3) is 0 Å². The van der Waals surface area contributed by atoms with Gasteiger partial charge in [-0.2, -0.15) is 0 Å². The first-order chi connectivity index (χ1) is 12.0. The molecule has 2 rings (SSSR count). The number of primary amides is 1. The summed E-state index contributed by atoms with van der Waals surface area (Å²) in [5, 5.41) is 3.27. The van der Waals surface area contributed by atoms with Gasteiger partial charge in [-0.1, -0.05) is 31.4 Å². The van der Waals surface area contributed by atoms with Crippen molar-refractivity contribution in [3.8, 4) is 11.6 Å². The second kappa shape index (κ2) is 9.33. The van der Waals surface area contributed by atoms with Gasteiger partial charge in [0.15, 0.2) is 11.6 Å². The van der Waals surface area contributed by atoms with E-state index in [1.54, 1.807) is 18.5 Å². The molecular formula is C16H24ClN7O. The summed E-state index contributed by atoms with van der Waals surface area (Å²) in [6, 6.07) is 1.01. The molecule has 0 aromatic carbocycles. The zero-order chi connectivity index (χ0) is 18.2. The molecule has 2 atom stereocenters. The Morgan fingerprint density at radius 2 is 2.16 bits per heavy atom. The van der Waals surface area contributed by atoms with Gasteiger partial charge in [0, 0.05) is 24.5 Å². The average Bonchev–Trinajstić information content (AvgIpc) is 3.10. The first kappa shape index (κ1) is 19.1. The van der Waals surface area contributed by atoms with E-state index >= 15 is 0 Å². The summed E-state index contributed by atoms with van der Waals surface area (Å²) >= 11 is 6.05. The standard InChI is InChI=1S/C16H24ClN7O/c1-2-3-4-10(18)5-6-11(14(19)25)22-13-9-12(17)23-16(24-13)15-20-7-8-21-15/h7-11H,2-6,18H2,1H3,(H2,19,25)(H,20,21)(H,22,23,24). The lowest BCUT2D eigenvalue weighted by atomic mass is 10.0. The third kappa shape index (κ3) is 5.99. The van der Waals surface area contributed by atoms with Crippen molar-refractivity contribution in [2.45, 2.75) is 51.1 Å². The zero-order valence-electron chi connectivity index (χ0n) is 14.2. The number of halogens is 1. The van der Waals surface area contributed by atoms with Gasteiger partial charge in [0.2, 0.25) is 5.91 Å². The van der Waals surface area contributed by atoms with Crippen molar-refractivity contribution in [3.63, 3.8) is 0 Å². The average molecular weight is 366 g/mol. The van der Waals surface area contributed by atoms with Crippen molar-refractivity contribution in [1.29, 1.82) is 0 Å². The minimum Gasteiger partial charge on any atom is -0.368 e. The topological polar surface area (TPSA) is 136 Å². The van der Waals surface area contributed by atoms with Crippen LogP contribution in [0.2, 0.25) is 5.15 Å². The number of hydrogen-bond donors (Lipinski definition) is 4. The van der Waals surface area contributed by atoms with Gasteiger partial charge in [-0.3, -0.25) is 4.79 Å². The second-order valence-electron chi connectivity index (χ2n) is 5.92. The van der Waals surface area contributed by atoms with Gasteiger partial charge >= 0.3 is 0 Å². The molecule has 2 aromatic rings. The highest BCUT2D eigenvalue weighted by molar-refractivity contribution is 6.29. The lowest BCUT2D eigenvalue weighted by Gasteiger charge is -2.18. The molecule has 8 nitrogen and oxygen atoms in total. The summed E-state index contributed by atoms with van der Waals surface area (Å²) in [4.78, 5) is 27.2. The Balaban J connectivity index is 2.05. The molecule has 0 aliphatic rings. The number of aromatic nitrogens is 4. The van der Waals surface area contributed by atoms with Crippen LogP contribution in [-0.2, 0) is 4.79 Å². The molecule has 0 bridgehead atoms. The van der Waals surface area contributed by atoms with Crippen molar-refractivity contribution in [2.24, 2.45) is 11.5 Å². The Bertz CT molecular complexity index is 677. The fraction of sp³-hybridized carbons (Fsp3) is 0.500. The highest BCUT2D eigenvalue weighted by Gasteiger charge is 2.18. The number of rotatable bonds is 10. The van der Waals surface area contributed by atoms with Gasteiger partial charge < -0.3 is 21.8 Å². The lowest BCUT2D eigenvalue weighted by Crippen LogP contribution is -2.37. The number of carbonyl (C=O) groups excluding carboxylic acids is 1. The Morgan fingerprint density at radius 3 is 2.80 bits per heavy atom. The summed E-state index contributed by atoms with van der Waals surface area (Å²) in [6.07, 6.45) is 7.59. The monoisotopic (exact) mass is 365 g/mol. The number of carbonyl (C=O) groups is 1. The lowest BCUT2D eigenvalue weighted by molar-refractivity contribution is -0.118. The third-order valence-electron chi connectivity index (χ3n) is 3.83. The molecule has 1 amide bonds. The molecule has 0 aliphatic heterocycles. The summed E-state index contributed by atoms with van der Waals surface area (Å²) in [7, 11) is 0. The summed E-state index contributed by atoms with van der Waals surface area (Å²) in [5.74, 6) is 0.778. The molecule has 2 unspecified atom stereocenters. The number of amides is 1. The van der Waals surface area contributed by atoms with Crippen LogP contribution in [0.3, 0.4) is 0 Å². The summed E-state index contributed by atoms with van der Waals surface area (Å²) < 4.78 is 0. The van der Waals surface area contributed by atoms with Gasteiger partial charge in [-0.05, 0) is 19.3 Å². The Morgan fingerprint density at radius 1 is 1.36 bits per heavy atom. The van der Waals surface area contributed by atoms with E-state index in [9.17, 15) is 4.79 Å². The van der Waals surface area contributed by atoms with Gasteiger partial charge in [-0.25, -0.2) is 15.0 Å². The molecule has 0 saturated heterocycles. The van der Waals surface area contributed by atoms with E-state index in [2.05, 4.69) is 32.2 Å². The summed E-state index contributed by atoms with van der Waals surface area (Å²) in [5.41, 5.74) is 11.6. The van der Waals surface area contributed by atoms with E-state index < -0.39 is 11.9 Å². The molecule has 0 radical (unpaired) electrons. The van der Waals surface area contributed by atoms with Crippen LogP contribution in [0, 0.1) is 0 Å². The number of imidazole rings is 1. The van der Waals surface area contributed by atoms with Crippen LogP contribution in [0.5, 0.6) is 0 Å². The maximum Gasteiger partial charge on any atom is 0.239 e. The van der Waals surface area contributed by atoms with Crippen LogP contribution in [-0.4, -0.2) is 37.9 Å². The first-order valence-corrected chi connectivity index (χ1v) is 8.73. The van der Waals surface area contributed by atoms with Crippen molar-refractivity contribution in [2.75, 3.05) is 5.32 Å². The predicted molar refractivity (Wildman–Crippen MR) is 98.0 cm³/mol. The van der Waals surface area contributed by atoms with Crippen LogP contribution < -0.4 is 16.8 Å². The number of unbranched alkanes of at least 4 members (excludes halogenated alkanes) is 1. The largest absolute Gasteiger partial charge is 0.368 e. The molecule has 136 valence electrons. The fourth-order valence-electron chi connectivity index (χ4n) is 2.44. The first-order valence-electron chi connectivity index (χ1n) is 8.35. The normalized spacial score (nSPS) is 13.4. The van der Waals surface area contributed by atoms with E-state index in [4.69, 9.17) is 23.1 Å². The molecule has 2 aromatic heterocycles. The van der Waals surface area contributed by atoms with Crippen LogP contribution in [0.25, 0.3) is 11.6 Å². The van der Waals surface area contributed by atoms with Gasteiger partial charge in [0.1, 0.15) is 17.0 Å². The van der Waals surface area contributed by atoms with E-state index in [0.717, 1.165) is 19.3 Å². The molecule has 0 saturated carbocycles. The maximum atomic E-state index is 11.8. The van der Waals surface area contributed by atoms with Crippen LogP contribution >= 0.6 is 11.6 Å². The highest BCUT2D eigenvalue weighted by atomic mass is 35.5. The van der Waals surface area contributed by atoms with Crippen molar-refractivity contribution in [1.82, 2.24) is 19.9 Å². The predicted octanol–water partition coefficient (Wildman–Crippen LogP) is 2.08. The van der Waals surface area contributed by atoms with Gasteiger partial charge in [0.05, 0.1) is 0 Å². The van der Waals surface area contributed by atoms with Crippen LogP contribution in [0.4, 0.5) is 5.82 Å². The number of anilines is 1. The number of nitrogens with zero attached hydrogens (tertiary/aromatic N) is 3. The molecule has 0 fully saturated rings. The quantitative estimate of drug-likeness (QED) is 0.476. The van der Waals surface area contributed by atoms with Crippen molar-refractivity contribution in [3.05, 3.63) is 23.6 Å². The van der Waals surface area contributed by atoms with E-state index in [0.29, 0.717) is 30.3 Å². The second-order valence-corrected chi connectivity index (χ2v) is 6.30. The maximum absolute atomic E-state index is 11.8. The Hall–Kier alpha value is -2.19. The molecule has 0 spiro atoms. The Kier molecular flexibility index (Phi) is 7.15. The SMILES string of the molecule is CCCCC(N)CCC(Nc1cc(Cl)nc(-c2ncc[nH]2)n1)C(N)=O. The van der Waals surface area contributed by atoms with Crippen molar-refractivity contribution < 1.29 is 4.79 Å². The van der Waals surface area contributed by atoms with E-state index in [1.165, 1.54) is 0 Å².